The highest BCUT2D eigenvalue weighted by Crippen LogP contribution is 2.31. The molecule has 1 fully saturated rings. The van der Waals surface area contributed by atoms with Crippen LogP contribution in [-0.4, -0.2) is 37.6 Å². The molecular formula is C20H21N3O3S. The highest BCUT2D eigenvalue weighted by Gasteiger charge is 2.39. The van der Waals surface area contributed by atoms with Crippen LogP contribution in [0.5, 0.6) is 0 Å². The number of rotatable bonds is 3. The van der Waals surface area contributed by atoms with Gasteiger partial charge in [-0.05, 0) is 49.1 Å². The van der Waals surface area contributed by atoms with Crippen molar-refractivity contribution in [1.29, 1.82) is 0 Å². The molecule has 0 aliphatic carbocycles. The first-order chi connectivity index (χ1) is 13.0. The van der Waals surface area contributed by atoms with E-state index in [1.807, 2.05) is 29.2 Å². The summed E-state index contributed by atoms with van der Waals surface area (Å²) in [6, 6.07) is 14.1. The predicted octanol–water partition coefficient (Wildman–Crippen LogP) is 2.80. The smallest absolute Gasteiger partial charge is 0.285 e. The van der Waals surface area contributed by atoms with E-state index in [-0.39, 0.29) is 10.8 Å². The van der Waals surface area contributed by atoms with Crippen LogP contribution in [0.15, 0.2) is 57.8 Å². The minimum Gasteiger partial charge on any atom is -0.343 e. The highest BCUT2D eigenvalue weighted by molar-refractivity contribution is 7.90. The van der Waals surface area contributed by atoms with E-state index in [2.05, 4.69) is 16.6 Å². The molecule has 2 aliphatic rings. The van der Waals surface area contributed by atoms with Crippen molar-refractivity contribution in [2.24, 2.45) is 4.40 Å². The Hall–Kier alpha value is -2.67. The van der Waals surface area contributed by atoms with E-state index in [4.69, 9.17) is 0 Å². The van der Waals surface area contributed by atoms with Crippen molar-refractivity contribution < 1.29 is 13.2 Å². The number of nitrogens with zero attached hydrogens (tertiary/aromatic N) is 2. The lowest BCUT2D eigenvalue weighted by molar-refractivity contribution is -0.119. The number of carbonyl (C=O) groups is 1. The molecule has 2 aliphatic heterocycles. The molecule has 0 unspecified atom stereocenters. The maximum atomic E-state index is 12.9. The molecule has 6 nitrogen and oxygen atoms in total. The Morgan fingerprint density at radius 3 is 2.67 bits per heavy atom. The van der Waals surface area contributed by atoms with Gasteiger partial charge < -0.3 is 10.2 Å². The van der Waals surface area contributed by atoms with Gasteiger partial charge in [0.15, 0.2) is 5.84 Å². The minimum absolute atomic E-state index is 0.138. The van der Waals surface area contributed by atoms with Gasteiger partial charge in [0.05, 0.1) is 0 Å². The molecule has 1 N–H and O–H groups in total. The van der Waals surface area contributed by atoms with Crippen LogP contribution >= 0.6 is 0 Å². The Balaban J connectivity index is 1.58. The van der Waals surface area contributed by atoms with Crippen molar-refractivity contribution in [2.75, 3.05) is 11.9 Å². The number of aryl methyl sites for hydroxylation is 1. The SMILES string of the molecule is CCc1ccc(NC(=O)[C@@H]2CCCN2C2=NS(=O)(=O)c3ccccc32)cc1. The maximum absolute atomic E-state index is 12.9. The molecule has 140 valence electrons. The molecule has 0 spiro atoms. The van der Waals surface area contributed by atoms with Crippen LogP contribution in [0.25, 0.3) is 0 Å². The summed E-state index contributed by atoms with van der Waals surface area (Å²) >= 11 is 0. The first kappa shape index (κ1) is 17.7. The number of anilines is 1. The van der Waals surface area contributed by atoms with Gasteiger partial charge in [0, 0.05) is 17.8 Å². The van der Waals surface area contributed by atoms with Crippen molar-refractivity contribution in [2.45, 2.75) is 37.1 Å². The summed E-state index contributed by atoms with van der Waals surface area (Å²) in [4.78, 5) is 14.9. The Labute approximate surface area is 159 Å². The molecule has 2 aromatic carbocycles. The van der Waals surface area contributed by atoms with Gasteiger partial charge in [0.1, 0.15) is 10.9 Å². The minimum atomic E-state index is -3.69. The summed E-state index contributed by atoms with van der Waals surface area (Å²) in [6.45, 7) is 2.69. The zero-order chi connectivity index (χ0) is 19.0. The van der Waals surface area contributed by atoms with E-state index >= 15 is 0 Å². The standard InChI is InChI=1S/C20H21N3O3S/c1-2-14-9-11-15(12-10-14)21-20(24)17-7-5-13-23(17)19-16-6-3-4-8-18(16)27(25,26)22-19/h3-4,6,8-12,17H,2,5,7,13H2,1H3,(H,21,24)/t17-/m0/s1. The second-order valence-electron chi connectivity index (χ2n) is 6.78. The summed E-state index contributed by atoms with van der Waals surface area (Å²) in [5.74, 6) is 0.241. The van der Waals surface area contributed by atoms with Crippen molar-refractivity contribution in [3.63, 3.8) is 0 Å². The fourth-order valence-electron chi connectivity index (χ4n) is 3.64. The average molecular weight is 383 g/mol. The zero-order valence-electron chi connectivity index (χ0n) is 15.1. The van der Waals surface area contributed by atoms with Gasteiger partial charge in [0.25, 0.3) is 10.0 Å². The molecule has 0 saturated carbocycles. The van der Waals surface area contributed by atoms with E-state index in [9.17, 15) is 13.2 Å². The van der Waals surface area contributed by atoms with Crippen LogP contribution in [0.4, 0.5) is 5.69 Å². The first-order valence-electron chi connectivity index (χ1n) is 9.10. The summed E-state index contributed by atoms with van der Waals surface area (Å²) in [5.41, 5.74) is 2.52. The number of sulfonamides is 1. The van der Waals surface area contributed by atoms with E-state index in [0.717, 1.165) is 18.5 Å². The Morgan fingerprint density at radius 1 is 1.19 bits per heavy atom. The van der Waals surface area contributed by atoms with Crippen molar-refractivity contribution in [3.05, 3.63) is 59.7 Å². The van der Waals surface area contributed by atoms with Crippen LogP contribution in [0.1, 0.15) is 30.9 Å². The quantitative estimate of drug-likeness (QED) is 0.884. The summed E-state index contributed by atoms with van der Waals surface area (Å²) in [5, 5.41) is 2.95. The van der Waals surface area contributed by atoms with Crippen LogP contribution in [0, 0.1) is 0 Å². The predicted molar refractivity (Wildman–Crippen MR) is 104 cm³/mol. The van der Waals surface area contributed by atoms with Crippen molar-refractivity contribution in [3.8, 4) is 0 Å². The number of hydrogen-bond acceptors (Lipinski definition) is 4. The molecule has 1 saturated heterocycles. The van der Waals surface area contributed by atoms with Gasteiger partial charge in [-0.15, -0.1) is 4.40 Å². The maximum Gasteiger partial charge on any atom is 0.285 e. The van der Waals surface area contributed by atoms with E-state index in [1.54, 1.807) is 24.3 Å². The zero-order valence-corrected chi connectivity index (χ0v) is 15.9. The second kappa shape index (κ2) is 6.81. The van der Waals surface area contributed by atoms with Gasteiger partial charge in [0.2, 0.25) is 5.91 Å². The number of benzene rings is 2. The van der Waals surface area contributed by atoms with Crippen molar-refractivity contribution in [1.82, 2.24) is 4.90 Å². The summed E-state index contributed by atoms with van der Waals surface area (Å²) in [7, 11) is -3.69. The third-order valence-electron chi connectivity index (χ3n) is 5.07. The van der Waals surface area contributed by atoms with Crippen molar-refractivity contribution >= 4 is 27.5 Å². The van der Waals surface area contributed by atoms with Crippen LogP contribution in [0.2, 0.25) is 0 Å². The Kier molecular flexibility index (Phi) is 4.47. The normalized spacial score (nSPS) is 20.3. The summed E-state index contributed by atoms with van der Waals surface area (Å²) in [6.07, 6.45) is 2.42. The van der Waals surface area contributed by atoms with E-state index < -0.39 is 16.1 Å². The fraction of sp³-hybridized carbons (Fsp3) is 0.300. The third-order valence-corrected chi connectivity index (χ3v) is 6.39. The molecule has 0 bridgehead atoms. The number of carbonyl (C=O) groups excluding carboxylic acids is 1. The second-order valence-corrected chi connectivity index (χ2v) is 8.35. The van der Waals surface area contributed by atoms with Gasteiger partial charge in [-0.1, -0.05) is 31.2 Å². The number of amidine groups is 1. The number of amides is 1. The molecular weight excluding hydrogens is 362 g/mol. The molecule has 1 atom stereocenters. The van der Waals surface area contributed by atoms with Gasteiger partial charge in [-0.25, -0.2) is 0 Å². The molecule has 7 heteroatoms. The number of hydrogen-bond donors (Lipinski definition) is 1. The largest absolute Gasteiger partial charge is 0.343 e. The van der Waals surface area contributed by atoms with Crippen LogP contribution < -0.4 is 5.32 Å². The fourth-order valence-corrected chi connectivity index (χ4v) is 4.85. The molecule has 0 aromatic heterocycles. The Morgan fingerprint density at radius 2 is 1.93 bits per heavy atom. The summed E-state index contributed by atoms with van der Waals surface area (Å²) < 4.78 is 28.6. The lowest BCUT2D eigenvalue weighted by Gasteiger charge is -2.25. The van der Waals surface area contributed by atoms with Gasteiger partial charge in [-0.3, -0.25) is 4.79 Å². The van der Waals surface area contributed by atoms with Gasteiger partial charge in [-0.2, -0.15) is 8.42 Å². The molecule has 27 heavy (non-hydrogen) atoms. The topological polar surface area (TPSA) is 78.8 Å². The van der Waals surface area contributed by atoms with Gasteiger partial charge >= 0.3 is 0 Å². The highest BCUT2D eigenvalue weighted by atomic mass is 32.2. The molecule has 1 amide bonds. The Bertz CT molecular complexity index is 1010. The lowest BCUT2D eigenvalue weighted by atomic mass is 10.1. The third kappa shape index (κ3) is 3.23. The number of nitrogens with one attached hydrogen (secondary N) is 1. The molecule has 4 rings (SSSR count). The monoisotopic (exact) mass is 383 g/mol. The average Bonchev–Trinajstić information content (AvgIpc) is 3.25. The number of likely N-dealkylation sites (tertiary alicyclic amines) is 1. The first-order valence-corrected chi connectivity index (χ1v) is 10.5. The molecule has 2 heterocycles. The van der Waals surface area contributed by atoms with E-state index in [0.29, 0.717) is 24.4 Å². The lowest BCUT2D eigenvalue weighted by Crippen LogP contribution is -2.43. The molecule has 0 radical (unpaired) electrons. The number of fused-ring (bicyclic) bond motifs is 1. The molecule has 2 aromatic rings. The van der Waals surface area contributed by atoms with Crippen LogP contribution in [0.3, 0.4) is 0 Å². The van der Waals surface area contributed by atoms with E-state index in [1.165, 1.54) is 5.56 Å². The van der Waals surface area contributed by atoms with Crippen LogP contribution in [-0.2, 0) is 21.2 Å².